The monoisotopic (exact) mass is 306 g/mol. The molecule has 2 saturated heterocycles. The first kappa shape index (κ1) is 15.4. The predicted molar refractivity (Wildman–Crippen MR) is 81.8 cm³/mol. The van der Waals surface area contributed by atoms with E-state index < -0.39 is 0 Å². The Morgan fingerprint density at radius 3 is 2.95 bits per heavy atom. The van der Waals surface area contributed by atoms with E-state index in [1.165, 1.54) is 6.07 Å². The zero-order valence-electron chi connectivity index (χ0n) is 12.8. The lowest BCUT2D eigenvalue weighted by Crippen LogP contribution is -2.45. The Morgan fingerprint density at radius 1 is 1.32 bits per heavy atom. The molecule has 2 heterocycles. The van der Waals surface area contributed by atoms with Gasteiger partial charge in [0.25, 0.3) is 0 Å². The normalized spacial score (nSPS) is 25.5. The third-order valence-corrected chi connectivity index (χ3v) is 4.53. The highest BCUT2D eigenvalue weighted by Crippen LogP contribution is 2.21. The first-order valence-corrected chi connectivity index (χ1v) is 8.11. The number of nitrogens with zero attached hydrogens (tertiary/aromatic N) is 1. The molecule has 2 fully saturated rings. The van der Waals surface area contributed by atoms with Crippen molar-refractivity contribution < 1.29 is 13.9 Å². The van der Waals surface area contributed by atoms with Gasteiger partial charge in [-0.2, -0.15) is 0 Å². The Kier molecular flexibility index (Phi) is 5.05. The summed E-state index contributed by atoms with van der Waals surface area (Å²) in [4.78, 5) is 14.5. The molecule has 4 nitrogen and oxygen atoms in total. The third kappa shape index (κ3) is 3.65. The van der Waals surface area contributed by atoms with Crippen LogP contribution >= 0.6 is 0 Å². The number of hydrogen-bond donors (Lipinski definition) is 1. The number of ether oxygens (including phenoxy) is 1. The van der Waals surface area contributed by atoms with Crippen LogP contribution in [-0.4, -0.2) is 42.6 Å². The second kappa shape index (κ2) is 7.20. The van der Waals surface area contributed by atoms with Crippen LogP contribution in [0.3, 0.4) is 0 Å². The fourth-order valence-corrected chi connectivity index (χ4v) is 3.30. The molecule has 1 aromatic carbocycles. The van der Waals surface area contributed by atoms with Crippen LogP contribution in [0.4, 0.5) is 4.39 Å². The molecule has 0 bridgehead atoms. The van der Waals surface area contributed by atoms with Crippen LogP contribution in [0.1, 0.15) is 31.2 Å². The van der Waals surface area contributed by atoms with Gasteiger partial charge in [-0.15, -0.1) is 0 Å². The fourth-order valence-electron chi connectivity index (χ4n) is 3.30. The van der Waals surface area contributed by atoms with Crippen molar-refractivity contribution in [2.45, 2.75) is 44.4 Å². The Bertz CT molecular complexity index is 517. The van der Waals surface area contributed by atoms with Crippen LogP contribution in [-0.2, 0) is 16.1 Å². The molecular weight excluding hydrogens is 283 g/mol. The first-order valence-electron chi connectivity index (χ1n) is 8.11. The van der Waals surface area contributed by atoms with Crippen LogP contribution in [0.2, 0.25) is 0 Å². The van der Waals surface area contributed by atoms with Crippen molar-refractivity contribution in [3.63, 3.8) is 0 Å². The number of hydrogen-bond acceptors (Lipinski definition) is 3. The van der Waals surface area contributed by atoms with E-state index in [0.717, 1.165) is 38.8 Å². The number of carbonyl (C=O) groups excluding carboxylic acids is 1. The number of nitrogens with one attached hydrogen (secondary N) is 1. The van der Waals surface area contributed by atoms with E-state index in [2.05, 4.69) is 10.2 Å². The van der Waals surface area contributed by atoms with Crippen molar-refractivity contribution in [1.29, 1.82) is 0 Å². The minimum absolute atomic E-state index is 0.0457. The Labute approximate surface area is 130 Å². The second-order valence-electron chi connectivity index (χ2n) is 6.10. The minimum Gasteiger partial charge on any atom is -0.376 e. The summed E-state index contributed by atoms with van der Waals surface area (Å²) in [5.74, 6) is -0.155. The first-order chi connectivity index (χ1) is 10.7. The molecule has 0 saturated carbocycles. The maximum absolute atomic E-state index is 13.8. The lowest BCUT2D eigenvalue weighted by atomic mass is 10.1. The van der Waals surface area contributed by atoms with E-state index in [1.807, 2.05) is 6.07 Å². The molecule has 0 radical (unpaired) electrons. The average Bonchev–Trinajstić information content (AvgIpc) is 3.18. The Morgan fingerprint density at radius 2 is 2.18 bits per heavy atom. The quantitative estimate of drug-likeness (QED) is 0.905. The maximum atomic E-state index is 13.8. The van der Waals surface area contributed by atoms with Crippen molar-refractivity contribution >= 4 is 5.91 Å². The van der Waals surface area contributed by atoms with Crippen molar-refractivity contribution in [3.8, 4) is 0 Å². The highest BCUT2D eigenvalue weighted by molar-refractivity contribution is 5.82. The number of amides is 1. The predicted octanol–water partition coefficient (Wildman–Crippen LogP) is 2.09. The number of rotatable bonds is 5. The lowest BCUT2D eigenvalue weighted by molar-refractivity contribution is -0.126. The fraction of sp³-hybridized carbons (Fsp3) is 0.588. The van der Waals surface area contributed by atoms with E-state index in [0.29, 0.717) is 18.7 Å². The molecule has 2 atom stereocenters. The van der Waals surface area contributed by atoms with E-state index in [1.54, 1.807) is 12.1 Å². The SMILES string of the molecule is O=C(NCC1CCCO1)C1CCCN1Cc1ccccc1F. The van der Waals surface area contributed by atoms with Crippen LogP contribution < -0.4 is 5.32 Å². The Hall–Kier alpha value is -1.46. The summed E-state index contributed by atoms with van der Waals surface area (Å²) in [5, 5.41) is 3.00. The van der Waals surface area contributed by atoms with Gasteiger partial charge in [-0.25, -0.2) is 4.39 Å². The molecule has 2 aliphatic rings. The summed E-state index contributed by atoms with van der Waals surface area (Å²) >= 11 is 0. The zero-order valence-corrected chi connectivity index (χ0v) is 12.8. The molecular formula is C17H23FN2O2. The van der Waals surface area contributed by atoms with Gasteiger partial charge in [0.2, 0.25) is 5.91 Å². The zero-order chi connectivity index (χ0) is 15.4. The van der Waals surface area contributed by atoms with E-state index in [4.69, 9.17) is 4.74 Å². The summed E-state index contributed by atoms with van der Waals surface area (Å²) in [7, 11) is 0. The molecule has 2 unspecified atom stereocenters. The molecule has 0 aliphatic carbocycles. The van der Waals surface area contributed by atoms with Gasteiger partial charge in [-0.05, 0) is 38.3 Å². The lowest BCUT2D eigenvalue weighted by Gasteiger charge is -2.24. The van der Waals surface area contributed by atoms with Gasteiger partial charge < -0.3 is 10.1 Å². The van der Waals surface area contributed by atoms with Gasteiger partial charge >= 0.3 is 0 Å². The highest BCUT2D eigenvalue weighted by atomic mass is 19.1. The Balaban J connectivity index is 1.55. The molecule has 5 heteroatoms. The van der Waals surface area contributed by atoms with Crippen molar-refractivity contribution in [2.24, 2.45) is 0 Å². The number of halogens is 1. The van der Waals surface area contributed by atoms with Gasteiger partial charge in [0.15, 0.2) is 0 Å². The third-order valence-electron chi connectivity index (χ3n) is 4.53. The number of likely N-dealkylation sites (tertiary alicyclic amines) is 1. The molecule has 0 spiro atoms. The molecule has 2 aliphatic heterocycles. The summed E-state index contributed by atoms with van der Waals surface area (Å²) in [6, 6.07) is 6.63. The van der Waals surface area contributed by atoms with Gasteiger partial charge in [0.1, 0.15) is 5.82 Å². The molecule has 1 aromatic rings. The molecule has 22 heavy (non-hydrogen) atoms. The van der Waals surface area contributed by atoms with Crippen molar-refractivity contribution in [2.75, 3.05) is 19.7 Å². The van der Waals surface area contributed by atoms with Gasteiger partial charge in [0, 0.05) is 25.3 Å². The average molecular weight is 306 g/mol. The summed E-state index contributed by atoms with van der Waals surface area (Å²) in [6.07, 6.45) is 4.07. The highest BCUT2D eigenvalue weighted by Gasteiger charge is 2.31. The number of carbonyl (C=O) groups is 1. The summed E-state index contributed by atoms with van der Waals surface area (Å²) in [6.45, 7) is 2.71. The smallest absolute Gasteiger partial charge is 0.237 e. The largest absolute Gasteiger partial charge is 0.376 e. The van der Waals surface area contributed by atoms with Crippen molar-refractivity contribution in [1.82, 2.24) is 10.2 Å². The van der Waals surface area contributed by atoms with E-state index >= 15 is 0 Å². The van der Waals surface area contributed by atoms with E-state index in [-0.39, 0.29) is 23.9 Å². The molecule has 1 amide bonds. The van der Waals surface area contributed by atoms with Crippen LogP contribution in [0.25, 0.3) is 0 Å². The maximum Gasteiger partial charge on any atom is 0.237 e. The minimum atomic E-state index is -0.201. The van der Waals surface area contributed by atoms with Crippen LogP contribution in [0, 0.1) is 5.82 Å². The topological polar surface area (TPSA) is 41.6 Å². The van der Waals surface area contributed by atoms with Crippen molar-refractivity contribution in [3.05, 3.63) is 35.6 Å². The van der Waals surface area contributed by atoms with Crippen LogP contribution in [0.5, 0.6) is 0 Å². The summed E-state index contributed by atoms with van der Waals surface area (Å²) in [5.41, 5.74) is 0.654. The molecule has 3 rings (SSSR count). The number of benzene rings is 1. The van der Waals surface area contributed by atoms with Gasteiger partial charge in [0.05, 0.1) is 12.1 Å². The molecule has 120 valence electrons. The summed E-state index contributed by atoms with van der Waals surface area (Å²) < 4.78 is 19.3. The van der Waals surface area contributed by atoms with Gasteiger partial charge in [-0.3, -0.25) is 9.69 Å². The van der Waals surface area contributed by atoms with Gasteiger partial charge in [-0.1, -0.05) is 18.2 Å². The molecule has 1 N–H and O–H groups in total. The second-order valence-corrected chi connectivity index (χ2v) is 6.10. The van der Waals surface area contributed by atoms with E-state index in [9.17, 15) is 9.18 Å². The van der Waals surface area contributed by atoms with Crippen LogP contribution in [0.15, 0.2) is 24.3 Å². The molecule has 0 aromatic heterocycles. The standard InChI is InChI=1S/C17H23FN2O2/c18-15-7-2-1-5-13(15)12-20-9-3-8-16(20)17(21)19-11-14-6-4-10-22-14/h1-2,5,7,14,16H,3-4,6,8-12H2,(H,19,21).